The summed E-state index contributed by atoms with van der Waals surface area (Å²) >= 11 is 6.02. The Morgan fingerprint density at radius 1 is 1.03 bits per heavy atom. The van der Waals surface area contributed by atoms with E-state index in [1.165, 1.54) is 0 Å². The van der Waals surface area contributed by atoms with E-state index >= 15 is 0 Å². The predicted molar refractivity (Wildman–Crippen MR) is 132 cm³/mol. The van der Waals surface area contributed by atoms with Gasteiger partial charge in [0, 0.05) is 17.6 Å². The van der Waals surface area contributed by atoms with Crippen molar-refractivity contribution in [2.75, 3.05) is 20.2 Å². The fraction of sp³-hybridized carbons (Fsp3) is 0.481. The molecule has 0 radical (unpaired) electrons. The smallest absolute Gasteiger partial charge is 0.250 e. The Morgan fingerprint density at radius 3 is 2.38 bits per heavy atom. The van der Waals surface area contributed by atoms with E-state index in [0.29, 0.717) is 29.5 Å². The monoisotopic (exact) mass is 484 g/mol. The van der Waals surface area contributed by atoms with Gasteiger partial charge in [0.15, 0.2) is 11.5 Å². The molecule has 0 unspecified atom stereocenters. The summed E-state index contributed by atoms with van der Waals surface area (Å²) in [6.45, 7) is 4.50. The molecule has 1 aliphatic heterocycles. The average Bonchev–Trinajstić information content (AvgIpc) is 3.35. The zero-order valence-electron chi connectivity index (χ0n) is 20.1. The number of hydrogen-bond acceptors (Lipinski definition) is 4. The van der Waals surface area contributed by atoms with Crippen molar-refractivity contribution in [3.05, 3.63) is 58.6 Å². The molecule has 1 saturated carbocycles. The van der Waals surface area contributed by atoms with E-state index in [4.69, 9.17) is 21.1 Å². The fourth-order valence-electron chi connectivity index (χ4n) is 4.96. The molecule has 2 aromatic rings. The van der Waals surface area contributed by atoms with Crippen molar-refractivity contribution in [1.82, 2.24) is 9.80 Å². The molecule has 1 aliphatic carbocycles. The number of rotatable bonds is 8. The maximum atomic E-state index is 13.8. The third-order valence-electron chi connectivity index (χ3n) is 6.64. The molecule has 182 valence electrons. The van der Waals surface area contributed by atoms with Gasteiger partial charge in [-0.3, -0.25) is 9.59 Å². The minimum atomic E-state index is -0.684. The van der Waals surface area contributed by atoms with Crippen LogP contribution < -0.4 is 9.47 Å². The second-order valence-electron chi connectivity index (χ2n) is 9.35. The number of methoxy groups -OCH3 is 1. The van der Waals surface area contributed by atoms with Gasteiger partial charge in [0.2, 0.25) is 5.91 Å². The van der Waals surface area contributed by atoms with Crippen molar-refractivity contribution in [3.63, 3.8) is 0 Å². The molecule has 2 fully saturated rings. The Labute approximate surface area is 206 Å². The Kier molecular flexibility index (Phi) is 7.67. The molecule has 1 atom stereocenters. The maximum absolute atomic E-state index is 13.8. The highest BCUT2D eigenvalue weighted by Crippen LogP contribution is 2.37. The number of hydrogen-bond donors (Lipinski definition) is 0. The zero-order valence-corrected chi connectivity index (χ0v) is 20.9. The topological polar surface area (TPSA) is 59.1 Å². The number of nitrogens with zero attached hydrogens (tertiary/aromatic N) is 2. The normalized spacial score (nSPS) is 19.3. The summed E-state index contributed by atoms with van der Waals surface area (Å²) in [4.78, 5) is 30.7. The first-order valence-corrected chi connectivity index (χ1v) is 12.4. The summed E-state index contributed by atoms with van der Waals surface area (Å²) in [7, 11) is 1.59. The van der Waals surface area contributed by atoms with Crippen molar-refractivity contribution < 1.29 is 19.1 Å². The van der Waals surface area contributed by atoms with Gasteiger partial charge in [0.05, 0.1) is 13.2 Å². The maximum Gasteiger partial charge on any atom is 0.250 e. The molecule has 0 aromatic heterocycles. The number of benzene rings is 2. The van der Waals surface area contributed by atoms with Crippen LogP contribution in [-0.4, -0.2) is 54.0 Å². The van der Waals surface area contributed by atoms with Crippen LogP contribution in [0.2, 0.25) is 5.02 Å². The largest absolute Gasteiger partial charge is 0.493 e. The highest BCUT2D eigenvalue weighted by Gasteiger charge is 2.43. The van der Waals surface area contributed by atoms with Gasteiger partial charge in [0.1, 0.15) is 12.6 Å². The summed E-state index contributed by atoms with van der Waals surface area (Å²) in [5, 5.41) is 0.675. The Morgan fingerprint density at radius 2 is 1.74 bits per heavy atom. The minimum Gasteiger partial charge on any atom is -0.493 e. The van der Waals surface area contributed by atoms with Crippen LogP contribution in [-0.2, 0) is 16.0 Å². The number of amides is 2. The van der Waals surface area contributed by atoms with Crippen molar-refractivity contribution in [2.24, 2.45) is 0 Å². The standard InChI is InChI=1S/C27H33ClN2O4/c1-18(2)34-23-13-10-20(16-24(23)33-3)26-27(32)30(22-6-4-5-7-22)17-25(31)29(26)15-14-19-8-11-21(28)12-9-19/h8-13,16,18,22,26H,4-7,14-15,17H2,1-3H3/t26-/m1/s1. The molecule has 34 heavy (non-hydrogen) atoms. The van der Waals surface area contributed by atoms with Gasteiger partial charge in [-0.2, -0.15) is 0 Å². The van der Waals surface area contributed by atoms with Gasteiger partial charge in [-0.1, -0.05) is 42.6 Å². The second kappa shape index (κ2) is 10.7. The van der Waals surface area contributed by atoms with Crippen LogP contribution >= 0.6 is 11.6 Å². The lowest BCUT2D eigenvalue weighted by molar-refractivity contribution is -0.158. The number of piperazine rings is 1. The van der Waals surface area contributed by atoms with Crippen molar-refractivity contribution in [3.8, 4) is 11.5 Å². The van der Waals surface area contributed by atoms with Crippen LogP contribution in [0.1, 0.15) is 56.7 Å². The number of ether oxygens (including phenoxy) is 2. The third-order valence-corrected chi connectivity index (χ3v) is 6.89. The summed E-state index contributed by atoms with van der Waals surface area (Å²) in [5.41, 5.74) is 1.81. The highest BCUT2D eigenvalue weighted by molar-refractivity contribution is 6.30. The molecule has 0 spiro atoms. The lowest BCUT2D eigenvalue weighted by Gasteiger charge is -2.43. The van der Waals surface area contributed by atoms with E-state index in [9.17, 15) is 9.59 Å². The molecular formula is C27H33ClN2O4. The summed E-state index contributed by atoms with van der Waals surface area (Å²) in [6.07, 6.45) is 4.75. The van der Waals surface area contributed by atoms with Crippen LogP contribution in [0.3, 0.4) is 0 Å². The Bertz CT molecular complexity index is 1020. The highest BCUT2D eigenvalue weighted by atomic mass is 35.5. The predicted octanol–water partition coefficient (Wildman–Crippen LogP) is 5.03. The molecule has 2 aliphatic rings. The summed E-state index contributed by atoms with van der Waals surface area (Å²) in [6, 6.07) is 12.6. The first-order valence-electron chi connectivity index (χ1n) is 12.1. The van der Waals surface area contributed by atoms with Gasteiger partial charge >= 0.3 is 0 Å². The van der Waals surface area contributed by atoms with Gasteiger partial charge in [-0.15, -0.1) is 0 Å². The Hall–Kier alpha value is -2.73. The molecule has 4 rings (SSSR count). The van der Waals surface area contributed by atoms with Gasteiger partial charge < -0.3 is 19.3 Å². The van der Waals surface area contributed by atoms with Gasteiger partial charge in [-0.05, 0) is 68.5 Å². The van der Waals surface area contributed by atoms with Crippen LogP contribution in [0, 0.1) is 0 Å². The molecule has 0 bridgehead atoms. The fourth-order valence-corrected chi connectivity index (χ4v) is 5.08. The van der Waals surface area contributed by atoms with Crippen LogP contribution in [0.25, 0.3) is 0 Å². The van der Waals surface area contributed by atoms with Gasteiger partial charge in [0.25, 0.3) is 5.91 Å². The van der Waals surface area contributed by atoms with E-state index < -0.39 is 6.04 Å². The van der Waals surface area contributed by atoms with E-state index in [-0.39, 0.29) is 30.5 Å². The van der Waals surface area contributed by atoms with Crippen molar-refractivity contribution in [1.29, 1.82) is 0 Å². The Balaban J connectivity index is 1.65. The summed E-state index contributed by atoms with van der Waals surface area (Å²) < 4.78 is 11.4. The van der Waals surface area contributed by atoms with Crippen molar-refractivity contribution >= 4 is 23.4 Å². The SMILES string of the molecule is COc1cc([C@@H]2C(=O)N(C3CCCC3)CC(=O)N2CCc2ccc(Cl)cc2)ccc1OC(C)C. The lowest BCUT2D eigenvalue weighted by atomic mass is 9.98. The molecule has 1 heterocycles. The van der Waals surface area contributed by atoms with Crippen LogP contribution in [0.5, 0.6) is 11.5 Å². The van der Waals surface area contributed by atoms with Crippen LogP contribution in [0.4, 0.5) is 0 Å². The average molecular weight is 485 g/mol. The summed E-state index contributed by atoms with van der Waals surface area (Å²) in [5.74, 6) is 1.15. The number of carbonyl (C=O) groups excluding carboxylic acids is 2. The number of halogens is 1. The molecule has 1 saturated heterocycles. The van der Waals surface area contributed by atoms with E-state index in [2.05, 4.69) is 0 Å². The molecule has 0 N–H and O–H groups in total. The molecule has 2 amide bonds. The molecule has 2 aromatic carbocycles. The first-order chi connectivity index (χ1) is 16.4. The van der Waals surface area contributed by atoms with Crippen molar-refractivity contribution in [2.45, 2.75) is 64.1 Å². The van der Waals surface area contributed by atoms with E-state index in [1.807, 2.05) is 61.2 Å². The minimum absolute atomic E-state index is 0.00799. The number of carbonyl (C=O) groups is 2. The third kappa shape index (κ3) is 5.33. The first kappa shape index (κ1) is 24.4. The molecule has 6 nitrogen and oxygen atoms in total. The lowest BCUT2D eigenvalue weighted by Crippen LogP contribution is -2.58. The quantitative estimate of drug-likeness (QED) is 0.527. The van der Waals surface area contributed by atoms with E-state index in [0.717, 1.165) is 36.8 Å². The second-order valence-corrected chi connectivity index (χ2v) is 9.78. The van der Waals surface area contributed by atoms with Gasteiger partial charge in [-0.25, -0.2) is 0 Å². The van der Waals surface area contributed by atoms with Crippen LogP contribution in [0.15, 0.2) is 42.5 Å². The molecular weight excluding hydrogens is 452 g/mol. The van der Waals surface area contributed by atoms with E-state index in [1.54, 1.807) is 12.0 Å². The molecule has 7 heteroatoms. The zero-order chi connectivity index (χ0) is 24.2.